The Bertz CT molecular complexity index is 1540. The van der Waals surface area contributed by atoms with Crippen LogP contribution in [0.15, 0.2) is 79.0 Å². The van der Waals surface area contributed by atoms with Crippen molar-refractivity contribution in [1.29, 1.82) is 0 Å². The molecule has 1 amide bonds. The standard InChI is InChI=1S/C30H28N4O/c35-30(23-9-10-23)33-16-14-20(18-33)19-34-28-4-2-1-3-27(28)32-29(34)22-7-5-21(6-8-22)24-11-12-26-25(17-24)13-15-31-26/h1-8,11-13,15,17,20,23,31H,9-10,14,16,18-19H2/t20-/m1/s1. The molecule has 1 N–H and O–H groups in total. The van der Waals surface area contributed by atoms with E-state index in [1.807, 2.05) is 6.20 Å². The van der Waals surface area contributed by atoms with Crippen molar-refractivity contribution in [3.8, 4) is 22.5 Å². The molecular formula is C30H28N4O. The molecule has 3 aromatic carbocycles. The number of carbonyl (C=O) groups is 1. The number of nitrogens with one attached hydrogen (secondary N) is 1. The Morgan fingerprint density at radius 3 is 2.57 bits per heavy atom. The Kier molecular flexibility index (Phi) is 4.76. The minimum Gasteiger partial charge on any atom is -0.361 e. The molecule has 3 heterocycles. The first-order valence-electron chi connectivity index (χ1n) is 12.6. The predicted molar refractivity (Wildman–Crippen MR) is 140 cm³/mol. The number of H-pyrrole nitrogens is 1. The second-order valence-corrected chi connectivity index (χ2v) is 10.1. The molecule has 1 saturated carbocycles. The first kappa shape index (κ1) is 20.5. The summed E-state index contributed by atoms with van der Waals surface area (Å²) >= 11 is 0. The third-order valence-corrected chi connectivity index (χ3v) is 7.65. The topological polar surface area (TPSA) is 53.9 Å². The summed E-state index contributed by atoms with van der Waals surface area (Å²) < 4.78 is 2.37. The van der Waals surface area contributed by atoms with Gasteiger partial charge < -0.3 is 14.5 Å². The van der Waals surface area contributed by atoms with Crippen LogP contribution in [0.3, 0.4) is 0 Å². The fraction of sp³-hybridized carbons (Fsp3) is 0.267. The molecule has 2 aliphatic rings. The quantitative estimate of drug-likeness (QED) is 0.344. The number of nitrogens with zero attached hydrogens (tertiary/aromatic N) is 3. The molecule has 35 heavy (non-hydrogen) atoms. The van der Waals surface area contributed by atoms with E-state index >= 15 is 0 Å². The van der Waals surface area contributed by atoms with Gasteiger partial charge in [0, 0.05) is 42.8 Å². The Labute approximate surface area is 204 Å². The van der Waals surface area contributed by atoms with E-state index < -0.39 is 0 Å². The summed E-state index contributed by atoms with van der Waals surface area (Å²) in [6, 6.07) is 25.8. The lowest BCUT2D eigenvalue weighted by Crippen LogP contribution is -2.30. The largest absolute Gasteiger partial charge is 0.361 e. The maximum absolute atomic E-state index is 12.6. The maximum Gasteiger partial charge on any atom is 0.225 e. The van der Waals surface area contributed by atoms with Gasteiger partial charge in [0.2, 0.25) is 5.91 Å². The van der Waals surface area contributed by atoms with Gasteiger partial charge in [-0.3, -0.25) is 4.79 Å². The van der Waals surface area contributed by atoms with Crippen molar-refractivity contribution in [2.45, 2.75) is 25.8 Å². The van der Waals surface area contributed by atoms with Crippen molar-refractivity contribution in [1.82, 2.24) is 19.4 Å². The average molecular weight is 461 g/mol. The Morgan fingerprint density at radius 2 is 1.71 bits per heavy atom. The normalized spacial score (nSPS) is 18.1. The fourth-order valence-electron chi connectivity index (χ4n) is 5.55. The van der Waals surface area contributed by atoms with E-state index in [2.05, 4.69) is 87.2 Å². The van der Waals surface area contributed by atoms with Crippen LogP contribution < -0.4 is 0 Å². The highest BCUT2D eigenvalue weighted by molar-refractivity contribution is 5.86. The van der Waals surface area contributed by atoms with Crippen molar-refractivity contribution < 1.29 is 4.79 Å². The van der Waals surface area contributed by atoms with E-state index in [0.29, 0.717) is 17.7 Å². The maximum atomic E-state index is 12.6. The molecule has 174 valence electrons. The zero-order chi connectivity index (χ0) is 23.4. The average Bonchev–Trinajstić information content (AvgIpc) is 3.30. The third kappa shape index (κ3) is 3.72. The van der Waals surface area contributed by atoms with Crippen molar-refractivity contribution in [3.63, 3.8) is 0 Å². The lowest BCUT2D eigenvalue weighted by Gasteiger charge is -2.18. The van der Waals surface area contributed by atoms with Crippen LogP contribution in [0.2, 0.25) is 0 Å². The van der Waals surface area contributed by atoms with Gasteiger partial charge >= 0.3 is 0 Å². The summed E-state index contributed by atoms with van der Waals surface area (Å²) in [4.78, 5) is 23.0. The Hall–Kier alpha value is -3.86. The predicted octanol–water partition coefficient (Wildman–Crippen LogP) is 6.11. The SMILES string of the molecule is O=C(C1CC1)N1CC[C@@H](Cn2c(-c3ccc(-c4ccc5[nH]ccc5c4)cc3)nc3ccccc32)C1. The van der Waals surface area contributed by atoms with Crippen molar-refractivity contribution in [2.75, 3.05) is 13.1 Å². The summed E-state index contributed by atoms with van der Waals surface area (Å²) in [6.45, 7) is 2.64. The number of carbonyl (C=O) groups excluding carboxylic acids is 1. The number of para-hydroxylation sites is 2. The van der Waals surface area contributed by atoms with Crippen LogP contribution in [0.5, 0.6) is 0 Å². The number of fused-ring (bicyclic) bond motifs is 2. The van der Waals surface area contributed by atoms with Gasteiger partial charge in [0.05, 0.1) is 11.0 Å². The first-order valence-corrected chi connectivity index (χ1v) is 12.6. The molecule has 7 rings (SSSR count). The summed E-state index contributed by atoms with van der Waals surface area (Å²) in [5.74, 6) is 2.14. The molecule has 5 aromatic rings. The van der Waals surface area contributed by atoms with Crippen LogP contribution in [0.4, 0.5) is 0 Å². The van der Waals surface area contributed by atoms with E-state index in [4.69, 9.17) is 4.98 Å². The molecule has 5 nitrogen and oxygen atoms in total. The number of likely N-dealkylation sites (tertiary alicyclic amines) is 1. The van der Waals surface area contributed by atoms with E-state index in [1.165, 1.54) is 16.5 Å². The van der Waals surface area contributed by atoms with Crippen LogP contribution in [-0.2, 0) is 11.3 Å². The number of amides is 1. The lowest BCUT2D eigenvalue weighted by atomic mass is 10.0. The molecule has 5 heteroatoms. The number of aromatic amines is 1. The number of aromatic nitrogens is 3. The van der Waals surface area contributed by atoms with Crippen LogP contribution in [0, 0.1) is 11.8 Å². The van der Waals surface area contributed by atoms with Crippen LogP contribution in [0.1, 0.15) is 19.3 Å². The molecule has 0 radical (unpaired) electrons. The van der Waals surface area contributed by atoms with Gasteiger partial charge in [0.15, 0.2) is 0 Å². The van der Waals surface area contributed by atoms with Gasteiger partial charge in [-0.25, -0.2) is 4.98 Å². The second kappa shape index (κ2) is 8.12. The smallest absolute Gasteiger partial charge is 0.225 e. The van der Waals surface area contributed by atoms with Gasteiger partial charge in [-0.05, 0) is 72.0 Å². The summed E-state index contributed by atoms with van der Waals surface area (Å²) in [6.07, 6.45) is 5.19. The molecule has 0 unspecified atom stereocenters. The molecular weight excluding hydrogens is 432 g/mol. The van der Waals surface area contributed by atoms with E-state index in [-0.39, 0.29) is 0 Å². The summed E-state index contributed by atoms with van der Waals surface area (Å²) in [5, 5.41) is 1.22. The summed E-state index contributed by atoms with van der Waals surface area (Å²) in [5.41, 5.74) is 6.87. The van der Waals surface area contributed by atoms with Gasteiger partial charge in [0.25, 0.3) is 0 Å². The van der Waals surface area contributed by atoms with Gasteiger partial charge in [0.1, 0.15) is 5.82 Å². The van der Waals surface area contributed by atoms with Gasteiger partial charge in [-0.1, -0.05) is 42.5 Å². The zero-order valence-electron chi connectivity index (χ0n) is 19.7. The highest BCUT2D eigenvalue weighted by Gasteiger charge is 2.36. The van der Waals surface area contributed by atoms with Crippen molar-refractivity contribution >= 4 is 27.8 Å². The summed E-state index contributed by atoms with van der Waals surface area (Å²) in [7, 11) is 0. The molecule has 1 aliphatic carbocycles. The molecule has 1 saturated heterocycles. The lowest BCUT2D eigenvalue weighted by molar-refractivity contribution is -0.131. The fourth-order valence-corrected chi connectivity index (χ4v) is 5.55. The van der Waals surface area contributed by atoms with E-state index in [9.17, 15) is 4.79 Å². The zero-order valence-corrected chi connectivity index (χ0v) is 19.7. The minimum absolute atomic E-state index is 0.301. The van der Waals surface area contributed by atoms with Crippen LogP contribution in [-0.4, -0.2) is 38.4 Å². The number of hydrogen-bond acceptors (Lipinski definition) is 2. The third-order valence-electron chi connectivity index (χ3n) is 7.65. The van der Waals surface area contributed by atoms with Crippen LogP contribution in [0.25, 0.3) is 44.5 Å². The van der Waals surface area contributed by atoms with Gasteiger partial charge in [-0.2, -0.15) is 0 Å². The monoisotopic (exact) mass is 460 g/mol. The molecule has 1 atom stereocenters. The molecule has 1 aliphatic heterocycles. The molecule has 0 bridgehead atoms. The Morgan fingerprint density at radius 1 is 0.914 bits per heavy atom. The van der Waals surface area contributed by atoms with Crippen molar-refractivity contribution in [3.05, 3.63) is 79.0 Å². The van der Waals surface area contributed by atoms with E-state index in [1.54, 1.807) is 0 Å². The molecule has 0 spiro atoms. The highest BCUT2D eigenvalue weighted by atomic mass is 16.2. The highest BCUT2D eigenvalue weighted by Crippen LogP contribution is 2.34. The van der Waals surface area contributed by atoms with Gasteiger partial charge in [-0.15, -0.1) is 0 Å². The van der Waals surface area contributed by atoms with Crippen LogP contribution >= 0.6 is 0 Å². The molecule has 2 fully saturated rings. The minimum atomic E-state index is 0.301. The number of rotatable bonds is 5. The first-order chi connectivity index (χ1) is 17.2. The number of hydrogen-bond donors (Lipinski definition) is 1. The molecule has 2 aromatic heterocycles. The van der Waals surface area contributed by atoms with E-state index in [0.717, 1.165) is 66.8 Å². The number of imidazole rings is 1. The van der Waals surface area contributed by atoms with Crippen molar-refractivity contribution in [2.24, 2.45) is 11.8 Å². The second-order valence-electron chi connectivity index (χ2n) is 10.1. The number of benzene rings is 3. The Balaban J connectivity index is 1.19.